The highest BCUT2D eigenvalue weighted by molar-refractivity contribution is 5.89. The van der Waals surface area contributed by atoms with Crippen LogP contribution in [0.4, 0.5) is 0 Å². The number of azide groups is 6. The average molecular weight is 1270 g/mol. The Morgan fingerprint density at radius 3 is 0.978 bits per heavy atom. The lowest BCUT2D eigenvalue weighted by Gasteiger charge is -2.52. The molecular weight excluding hydrogens is 1180 g/mol. The van der Waals surface area contributed by atoms with E-state index in [9.17, 15) is 42.8 Å². The standard InChI is InChI=1S/C56H84N18O16/c1-24-38(63-69-57)30(7)79-51(78-23-19-15-18-22-37(75)77-13)44(24)86-53-46(26(3)40(65-71-59)32(9)81-53)88-55-48(28(5)42(67-73-61)34(11)83-55)90-56-49(29(6)43(68-74-62)35(12)84-56)89-54-47(27(4)41(66-72-60)33(10)82-54)87-52-45(25(2)39(64-70-58)31(8)80-52)85-50(76)36-20-16-14-17-21-36/h14,16-17,20-21,24-35,38-49,51-56H,15,18-19,22-23H2,1-13H3/t24-,25-,26-,27-,28-,29-,30?,31?,32?,33?,34?,35?,38-,39-,40-,41-,42-,43-,44?,45?,46?,47?,48?,49?,51-,52+,53+,54+,55+,56+/m0/s1. The predicted molar refractivity (Wildman–Crippen MR) is 315 cm³/mol. The predicted octanol–water partition coefficient (Wildman–Crippen LogP) is 11.2. The molecule has 0 aliphatic carbocycles. The molecule has 7 rings (SSSR count). The summed E-state index contributed by atoms with van der Waals surface area (Å²) in [6.07, 6.45) is -17.1. The Labute approximate surface area is 520 Å². The van der Waals surface area contributed by atoms with E-state index in [0.717, 1.165) is 0 Å². The summed E-state index contributed by atoms with van der Waals surface area (Å²) >= 11 is 0. The monoisotopic (exact) mass is 1260 g/mol. The van der Waals surface area contributed by atoms with E-state index in [2.05, 4.69) is 60.2 Å². The zero-order valence-corrected chi connectivity index (χ0v) is 52.8. The molecule has 0 bridgehead atoms. The molecule has 1 aromatic carbocycles. The molecule has 6 aliphatic rings. The molecule has 0 amide bonds. The molecule has 6 heterocycles. The second-order valence-corrected chi connectivity index (χ2v) is 24.1. The van der Waals surface area contributed by atoms with Gasteiger partial charge in [-0.25, -0.2) is 4.79 Å². The SMILES string of the molecule is COC(=O)CCCCCO[C@H]1OC(C)[C@@H](N=[N+]=[N-])[C@H](C)C1O[C@H]1OC(C)[C@@H](N=[N+]=[N-])[C@H](C)C1O[C@H]1OC(C)[C@@H](N=[N+]=[N-])[C@H](C)C1O[C@H]1OC(C)[C@@H](N=[N+]=[N-])[C@H](C)C1O[C@H]1OC(C)[C@@H](N=[N+]=[N-])[C@H](C)C1O[C@H]1OC(C)[C@@H](N=[N+]=[N-])[C@H](C)C1OC(=O)c1ccccc1. The van der Waals surface area contributed by atoms with Crippen LogP contribution in [0.2, 0.25) is 0 Å². The molecular formula is C56H84N18O16. The van der Waals surface area contributed by atoms with Crippen LogP contribution in [-0.2, 0) is 71.1 Å². The molecule has 1 aromatic rings. The quantitative estimate of drug-likeness (QED) is 0.0288. The molecule has 0 radical (unpaired) electrons. The van der Waals surface area contributed by atoms with Gasteiger partial charge in [-0.05, 0) is 129 Å². The van der Waals surface area contributed by atoms with Crippen LogP contribution < -0.4 is 0 Å². The van der Waals surface area contributed by atoms with Gasteiger partial charge in [-0.3, -0.25) is 4.79 Å². The van der Waals surface area contributed by atoms with E-state index in [1.165, 1.54) is 7.11 Å². The van der Waals surface area contributed by atoms with Crippen molar-refractivity contribution in [1.29, 1.82) is 0 Å². The largest absolute Gasteiger partial charge is 0.469 e. The lowest BCUT2D eigenvalue weighted by Crippen LogP contribution is -2.64. The van der Waals surface area contributed by atoms with Gasteiger partial charge in [0.2, 0.25) is 0 Å². The van der Waals surface area contributed by atoms with Gasteiger partial charge in [0.25, 0.3) is 0 Å². The van der Waals surface area contributed by atoms with Gasteiger partial charge in [-0.15, -0.1) is 0 Å². The van der Waals surface area contributed by atoms with Crippen LogP contribution in [0.3, 0.4) is 0 Å². The molecule has 30 atom stereocenters. The van der Waals surface area contributed by atoms with E-state index in [4.69, 9.17) is 66.3 Å². The highest BCUT2D eigenvalue weighted by atomic mass is 16.8. The number of methoxy groups -OCH3 is 1. The van der Waals surface area contributed by atoms with Crippen molar-refractivity contribution >= 4 is 11.9 Å². The van der Waals surface area contributed by atoms with Gasteiger partial charge in [0.1, 0.15) is 30.5 Å². The molecule has 6 saturated heterocycles. The first kappa shape index (κ1) is 71.0. The molecule has 6 aliphatic heterocycles. The molecule has 0 aromatic heterocycles. The average Bonchev–Trinajstić information content (AvgIpc) is 0.865. The van der Waals surface area contributed by atoms with Gasteiger partial charge in [0, 0.05) is 48.4 Å². The van der Waals surface area contributed by atoms with Gasteiger partial charge >= 0.3 is 11.9 Å². The minimum atomic E-state index is -1.40. The van der Waals surface area contributed by atoms with E-state index < -0.39 is 189 Å². The van der Waals surface area contributed by atoms with Gasteiger partial charge in [-0.1, -0.05) is 96.8 Å². The molecule has 90 heavy (non-hydrogen) atoms. The summed E-state index contributed by atoms with van der Waals surface area (Å²) in [5.74, 6) is -5.06. The van der Waals surface area contributed by atoms with Crippen LogP contribution >= 0.6 is 0 Å². The molecule has 34 heteroatoms. The summed E-state index contributed by atoms with van der Waals surface area (Å²) in [6, 6.07) is 3.35. The summed E-state index contributed by atoms with van der Waals surface area (Å²) in [5, 5.41) is 24.5. The van der Waals surface area contributed by atoms with Gasteiger partial charge in [0.05, 0.1) is 85.5 Å². The van der Waals surface area contributed by atoms with Crippen molar-refractivity contribution in [3.63, 3.8) is 0 Å². The second kappa shape index (κ2) is 33.2. The number of esters is 2. The topological polar surface area (TPSA) is 456 Å². The summed E-state index contributed by atoms with van der Waals surface area (Å²) in [7, 11) is 1.34. The minimum absolute atomic E-state index is 0.218. The van der Waals surface area contributed by atoms with Crippen molar-refractivity contribution in [2.24, 2.45) is 66.2 Å². The van der Waals surface area contributed by atoms with Crippen LogP contribution in [0.25, 0.3) is 62.7 Å². The first-order valence-corrected chi connectivity index (χ1v) is 30.6. The minimum Gasteiger partial charge on any atom is -0.469 e. The van der Waals surface area contributed by atoms with Crippen LogP contribution in [0.5, 0.6) is 0 Å². The molecule has 6 fully saturated rings. The third kappa shape index (κ3) is 16.6. The zero-order chi connectivity index (χ0) is 65.5. The summed E-state index contributed by atoms with van der Waals surface area (Å²) in [4.78, 5) is 44.3. The zero-order valence-electron chi connectivity index (χ0n) is 52.8. The molecule has 494 valence electrons. The fourth-order valence-electron chi connectivity index (χ4n) is 13.2. The summed E-state index contributed by atoms with van der Waals surface area (Å²) in [5.41, 5.74) is 59.1. The fraction of sp³-hybridized carbons (Fsp3) is 0.857. The Hall–Kier alpha value is -6.46. The number of nitrogens with zero attached hydrogens (tertiary/aromatic N) is 18. The normalized spacial score (nSPS) is 41.7. The number of rotatable bonds is 25. The van der Waals surface area contributed by atoms with Crippen molar-refractivity contribution < 1.29 is 75.9 Å². The Bertz CT molecular complexity index is 2860. The first-order valence-electron chi connectivity index (χ1n) is 30.6. The lowest BCUT2D eigenvalue weighted by atomic mass is 9.86. The van der Waals surface area contributed by atoms with Gasteiger partial charge in [-0.2, -0.15) is 0 Å². The van der Waals surface area contributed by atoms with E-state index in [1.807, 2.05) is 6.92 Å². The summed E-state index contributed by atoms with van der Waals surface area (Å²) in [6.45, 7) is 21.3. The fourth-order valence-corrected chi connectivity index (χ4v) is 13.2. The molecule has 0 spiro atoms. The Morgan fingerprint density at radius 1 is 0.400 bits per heavy atom. The van der Waals surface area contributed by atoms with E-state index in [1.54, 1.807) is 106 Å². The van der Waals surface area contributed by atoms with Crippen molar-refractivity contribution in [3.8, 4) is 0 Å². The highest BCUT2D eigenvalue weighted by Gasteiger charge is 2.56. The Morgan fingerprint density at radius 2 is 0.678 bits per heavy atom. The number of carbonyl (C=O) groups is 2. The lowest BCUT2D eigenvalue weighted by molar-refractivity contribution is -0.389. The number of benzene rings is 1. The third-order valence-corrected chi connectivity index (χ3v) is 18.3. The maximum atomic E-state index is 13.8. The number of carbonyl (C=O) groups excluding carboxylic acids is 2. The highest BCUT2D eigenvalue weighted by Crippen LogP contribution is 2.44. The third-order valence-electron chi connectivity index (χ3n) is 18.3. The van der Waals surface area contributed by atoms with Crippen LogP contribution in [0.1, 0.15) is 119 Å². The first-order chi connectivity index (χ1) is 43.2. The van der Waals surface area contributed by atoms with E-state index >= 15 is 0 Å². The van der Waals surface area contributed by atoms with Crippen molar-refractivity contribution in [3.05, 3.63) is 98.6 Å². The summed E-state index contributed by atoms with van der Waals surface area (Å²) < 4.78 is 91.8. The smallest absolute Gasteiger partial charge is 0.338 e. The van der Waals surface area contributed by atoms with E-state index in [0.29, 0.717) is 19.3 Å². The maximum Gasteiger partial charge on any atom is 0.338 e. The van der Waals surface area contributed by atoms with Gasteiger partial charge < -0.3 is 66.3 Å². The number of ether oxygens (including phenoxy) is 14. The second-order valence-electron chi connectivity index (χ2n) is 24.1. The number of unbranched alkanes of at least 4 members (excludes halogenated alkanes) is 2. The van der Waals surface area contributed by atoms with Crippen molar-refractivity contribution in [2.45, 2.75) is 256 Å². The van der Waals surface area contributed by atoms with Crippen LogP contribution in [0.15, 0.2) is 61.0 Å². The number of hydrogen-bond donors (Lipinski definition) is 0. The Balaban J connectivity index is 1.24. The van der Waals surface area contributed by atoms with Crippen LogP contribution in [-0.4, -0.2) is 173 Å². The number of hydrogen-bond acceptors (Lipinski definition) is 22. The molecule has 0 saturated carbocycles. The van der Waals surface area contributed by atoms with Gasteiger partial charge in [0.15, 0.2) is 43.8 Å². The molecule has 34 nitrogen and oxygen atoms in total. The maximum absolute atomic E-state index is 13.8. The van der Waals surface area contributed by atoms with E-state index in [-0.39, 0.29) is 24.6 Å². The molecule has 12 unspecified atom stereocenters. The van der Waals surface area contributed by atoms with Crippen molar-refractivity contribution in [1.82, 2.24) is 0 Å². The van der Waals surface area contributed by atoms with Crippen LogP contribution in [0, 0.1) is 35.5 Å². The molecule has 0 N–H and O–H groups in total. The van der Waals surface area contributed by atoms with Crippen molar-refractivity contribution in [2.75, 3.05) is 13.7 Å². The Kier molecular flexibility index (Phi) is 26.2.